The molecule has 0 saturated carbocycles. The van der Waals surface area contributed by atoms with Gasteiger partial charge in [0.15, 0.2) is 0 Å². The first kappa shape index (κ1) is 12.6. The smallest absolute Gasteiger partial charge is 0.119 e. The molecular weight excluding hydrogens is 252 g/mol. The minimum absolute atomic E-state index is 0.575. The molecule has 0 radical (unpaired) electrons. The molecule has 0 bridgehead atoms. The van der Waals surface area contributed by atoms with Gasteiger partial charge in [0.2, 0.25) is 0 Å². The highest BCUT2D eigenvalue weighted by Crippen LogP contribution is 2.18. The van der Waals surface area contributed by atoms with Gasteiger partial charge < -0.3 is 4.74 Å². The van der Waals surface area contributed by atoms with Crippen molar-refractivity contribution in [3.8, 4) is 5.75 Å². The van der Waals surface area contributed by atoms with E-state index in [4.69, 9.17) is 4.74 Å². The third kappa shape index (κ3) is 4.25. The van der Waals surface area contributed by atoms with Crippen LogP contribution in [0.3, 0.4) is 0 Å². The third-order valence-electron chi connectivity index (χ3n) is 2.59. The van der Waals surface area contributed by atoms with E-state index in [9.17, 15) is 0 Å². The lowest BCUT2D eigenvalue weighted by molar-refractivity contribution is 0.227. The van der Waals surface area contributed by atoms with Gasteiger partial charge in [0.25, 0.3) is 0 Å². The Bertz CT molecular complexity index is 296. The maximum atomic E-state index is 5.77. The second-order valence-electron chi connectivity index (χ2n) is 4.29. The molecule has 0 saturated heterocycles. The second-order valence-corrected chi connectivity index (χ2v) is 4.93. The number of ether oxygens (including phenoxy) is 1. The van der Waals surface area contributed by atoms with Crippen molar-refractivity contribution < 1.29 is 4.74 Å². The van der Waals surface area contributed by atoms with Crippen LogP contribution in [0, 0.1) is 18.8 Å². The molecule has 1 aromatic carbocycles. The second kappa shape index (κ2) is 6.16. The molecule has 0 fully saturated rings. The quantitative estimate of drug-likeness (QED) is 0.734. The maximum absolute atomic E-state index is 5.77. The largest absolute Gasteiger partial charge is 0.493 e. The number of hydrogen-bond acceptors (Lipinski definition) is 1. The van der Waals surface area contributed by atoms with Gasteiger partial charge in [-0.05, 0) is 30.5 Å². The van der Waals surface area contributed by atoms with E-state index in [1.54, 1.807) is 0 Å². The average molecular weight is 271 g/mol. The number of alkyl halides is 1. The van der Waals surface area contributed by atoms with Gasteiger partial charge in [-0.2, -0.15) is 0 Å². The summed E-state index contributed by atoms with van der Waals surface area (Å²) in [5, 5.41) is 0.997. The lowest BCUT2D eigenvalue weighted by atomic mass is 9.99. The van der Waals surface area contributed by atoms with E-state index in [-0.39, 0.29) is 0 Å². The van der Waals surface area contributed by atoms with Gasteiger partial charge in [0.05, 0.1) is 6.61 Å². The molecule has 1 nitrogen and oxygen atoms in total. The molecule has 15 heavy (non-hydrogen) atoms. The van der Waals surface area contributed by atoms with Gasteiger partial charge in [-0.1, -0.05) is 41.9 Å². The lowest BCUT2D eigenvalue weighted by Crippen LogP contribution is -2.19. The zero-order valence-electron chi connectivity index (χ0n) is 9.66. The molecule has 0 spiro atoms. The highest BCUT2D eigenvalue weighted by atomic mass is 79.9. The van der Waals surface area contributed by atoms with Crippen LogP contribution in [0.15, 0.2) is 24.3 Å². The van der Waals surface area contributed by atoms with Crippen LogP contribution in [0.1, 0.15) is 19.4 Å². The van der Waals surface area contributed by atoms with Gasteiger partial charge in [-0.15, -0.1) is 0 Å². The Hall–Kier alpha value is -0.500. The summed E-state index contributed by atoms with van der Waals surface area (Å²) >= 11 is 3.52. The lowest BCUT2D eigenvalue weighted by Gasteiger charge is -2.18. The minimum Gasteiger partial charge on any atom is -0.493 e. The summed E-state index contributed by atoms with van der Waals surface area (Å²) in [5.74, 6) is 2.20. The standard InChI is InChI=1S/C13H19BrO/c1-10(2)12(8-14)9-15-13-6-4-5-11(3)7-13/h4-7,10,12H,8-9H2,1-3H3. The molecule has 0 N–H and O–H groups in total. The number of hydrogen-bond donors (Lipinski definition) is 0. The summed E-state index contributed by atoms with van der Waals surface area (Å²) in [6, 6.07) is 8.20. The summed E-state index contributed by atoms with van der Waals surface area (Å²) < 4.78 is 5.77. The minimum atomic E-state index is 0.575. The molecule has 1 rings (SSSR count). The molecule has 0 aliphatic carbocycles. The van der Waals surface area contributed by atoms with Gasteiger partial charge in [-0.25, -0.2) is 0 Å². The number of rotatable bonds is 5. The van der Waals surface area contributed by atoms with Gasteiger partial charge in [0.1, 0.15) is 5.75 Å². The Morgan fingerprint density at radius 3 is 2.60 bits per heavy atom. The van der Waals surface area contributed by atoms with Crippen LogP contribution < -0.4 is 4.74 Å². The van der Waals surface area contributed by atoms with Crippen molar-refractivity contribution in [2.24, 2.45) is 11.8 Å². The van der Waals surface area contributed by atoms with Gasteiger partial charge >= 0.3 is 0 Å². The summed E-state index contributed by atoms with van der Waals surface area (Å²) in [7, 11) is 0. The Morgan fingerprint density at radius 1 is 1.33 bits per heavy atom. The molecule has 2 heteroatoms. The van der Waals surface area contributed by atoms with Crippen LogP contribution in [0.4, 0.5) is 0 Å². The Kier molecular flexibility index (Phi) is 5.16. The molecule has 0 amide bonds. The summed E-state index contributed by atoms with van der Waals surface area (Å²) in [6.07, 6.45) is 0. The fourth-order valence-electron chi connectivity index (χ4n) is 1.32. The first-order valence-electron chi connectivity index (χ1n) is 5.39. The van der Waals surface area contributed by atoms with Crippen molar-refractivity contribution in [1.29, 1.82) is 0 Å². The monoisotopic (exact) mass is 270 g/mol. The molecule has 1 unspecified atom stereocenters. The van der Waals surface area contributed by atoms with E-state index in [1.165, 1.54) is 5.56 Å². The molecule has 0 aliphatic heterocycles. The summed E-state index contributed by atoms with van der Waals surface area (Å²) in [5.41, 5.74) is 1.24. The van der Waals surface area contributed by atoms with Crippen molar-refractivity contribution in [1.82, 2.24) is 0 Å². The maximum Gasteiger partial charge on any atom is 0.119 e. The normalized spacial score (nSPS) is 12.9. The molecule has 1 aromatic rings. The fourth-order valence-corrected chi connectivity index (χ4v) is 2.26. The zero-order valence-corrected chi connectivity index (χ0v) is 11.3. The van der Waals surface area contributed by atoms with Crippen molar-refractivity contribution in [3.05, 3.63) is 29.8 Å². The van der Waals surface area contributed by atoms with Crippen molar-refractivity contribution in [3.63, 3.8) is 0 Å². The van der Waals surface area contributed by atoms with E-state index >= 15 is 0 Å². The predicted molar refractivity (Wildman–Crippen MR) is 68.8 cm³/mol. The van der Waals surface area contributed by atoms with Crippen molar-refractivity contribution in [2.75, 3.05) is 11.9 Å². The SMILES string of the molecule is Cc1cccc(OCC(CBr)C(C)C)c1. The predicted octanol–water partition coefficient (Wildman–Crippen LogP) is 4.04. The highest BCUT2D eigenvalue weighted by Gasteiger charge is 2.12. The fraction of sp³-hybridized carbons (Fsp3) is 0.538. The van der Waals surface area contributed by atoms with Crippen molar-refractivity contribution >= 4 is 15.9 Å². The van der Waals surface area contributed by atoms with Crippen LogP contribution >= 0.6 is 15.9 Å². The Morgan fingerprint density at radius 2 is 2.07 bits per heavy atom. The molecular formula is C13H19BrO. The summed E-state index contributed by atoms with van der Waals surface area (Å²) in [6.45, 7) is 7.32. The molecule has 0 aromatic heterocycles. The number of benzene rings is 1. The van der Waals surface area contributed by atoms with Crippen LogP contribution in [-0.4, -0.2) is 11.9 Å². The van der Waals surface area contributed by atoms with Crippen LogP contribution in [0.25, 0.3) is 0 Å². The van der Waals surface area contributed by atoms with E-state index in [0.29, 0.717) is 11.8 Å². The van der Waals surface area contributed by atoms with Gasteiger partial charge in [-0.3, -0.25) is 0 Å². The van der Waals surface area contributed by atoms with Crippen LogP contribution in [0.2, 0.25) is 0 Å². The zero-order chi connectivity index (χ0) is 11.3. The number of halogens is 1. The number of aryl methyl sites for hydroxylation is 1. The van der Waals surface area contributed by atoms with Gasteiger partial charge in [0, 0.05) is 11.2 Å². The summed E-state index contributed by atoms with van der Waals surface area (Å²) in [4.78, 5) is 0. The molecule has 0 heterocycles. The topological polar surface area (TPSA) is 9.23 Å². The van der Waals surface area contributed by atoms with Crippen LogP contribution in [-0.2, 0) is 0 Å². The van der Waals surface area contributed by atoms with E-state index < -0.39 is 0 Å². The molecule has 84 valence electrons. The first-order chi connectivity index (χ1) is 7.13. The molecule has 1 atom stereocenters. The van der Waals surface area contributed by atoms with Crippen LogP contribution in [0.5, 0.6) is 5.75 Å². The highest BCUT2D eigenvalue weighted by molar-refractivity contribution is 9.09. The Balaban J connectivity index is 2.49. The van der Waals surface area contributed by atoms with E-state index in [2.05, 4.69) is 48.8 Å². The van der Waals surface area contributed by atoms with E-state index in [0.717, 1.165) is 17.7 Å². The third-order valence-corrected chi connectivity index (χ3v) is 3.43. The molecule has 0 aliphatic rings. The van der Waals surface area contributed by atoms with Crippen molar-refractivity contribution in [2.45, 2.75) is 20.8 Å². The Labute approximate surface area is 101 Å². The first-order valence-corrected chi connectivity index (χ1v) is 6.51. The average Bonchev–Trinajstić information content (AvgIpc) is 2.18. The van der Waals surface area contributed by atoms with E-state index in [1.807, 2.05) is 12.1 Å².